The molecule has 1 N–H and O–H groups in total. The smallest absolute Gasteiger partial charge is 0.255 e. The Morgan fingerprint density at radius 2 is 2.00 bits per heavy atom. The van der Waals surface area contributed by atoms with Crippen molar-refractivity contribution in [2.45, 2.75) is 33.7 Å². The standard InChI is InChI=1S/C13H20N2O2/c1-9(2)8-15(10(3)4)13(17)11-5-12(16)7-14-6-11/h5-7,9-10,16H,8H2,1-4H3. The predicted octanol–water partition coefficient (Wildman–Crippen LogP) is 2.29. The third kappa shape index (κ3) is 3.73. The second kappa shape index (κ2) is 5.66. The molecule has 4 nitrogen and oxygen atoms in total. The van der Waals surface area contributed by atoms with Crippen LogP contribution in [0.5, 0.6) is 5.75 Å². The molecule has 0 unspecified atom stereocenters. The second-order valence-electron chi connectivity index (χ2n) is 4.88. The lowest BCUT2D eigenvalue weighted by molar-refractivity contribution is 0.0681. The Hall–Kier alpha value is -1.58. The van der Waals surface area contributed by atoms with Crippen molar-refractivity contribution in [2.75, 3.05) is 6.54 Å². The molecule has 0 atom stereocenters. The summed E-state index contributed by atoms with van der Waals surface area (Å²) in [5.74, 6) is 0.341. The zero-order valence-corrected chi connectivity index (χ0v) is 10.8. The molecular formula is C13H20N2O2. The molecule has 0 saturated heterocycles. The molecule has 0 aromatic carbocycles. The molecule has 0 aliphatic heterocycles. The van der Waals surface area contributed by atoms with Crippen LogP contribution in [0.15, 0.2) is 18.5 Å². The van der Waals surface area contributed by atoms with Crippen LogP contribution in [0.4, 0.5) is 0 Å². The Kier molecular flexibility index (Phi) is 4.49. The Balaban J connectivity index is 2.92. The Labute approximate surface area is 102 Å². The van der Waals surface area contributed by atoms with Gasteiger partial charge in [-0.15, -0.1) is 0 Å². The highest BCUT2D eigenvalue weighted by Crippen LogP contribution is 2.14. The minimum atomic E-state index is -0.0860. The van der Waals surface area contributed by atoms with Crippen LogP contribution in [-0.4, -0.2) is 33.5 Å². The van der Waals surface area contributed by atoms with Crippen molar-refractivity contribution in [2.24, 2.45) is 5.92 Å². The summed E-state index contributed by atoms with van der Waals surface area (Å²) in [5.41, 5.74) is 0.430. The van der Waals surface area contributed by atoms with E-state index in [-0.39, 0.29) is 17.7 Å². The number of aromatic nitrogens is 1. The summed E-state index contributed by atoms with van der Waals surface area (Å²) in [6, 6.07) is 1.58. The molecule has 0 fully saturated rings. The molecule has 0 bridgehead atoms. The third-order valence-corrected chi connectivity index (χ3v) is 2.42. The fraction of sp³-hybridized carbons (Fsp3) is 0.538. The first-order valence-electron chi connectivity index (χ1n) is 5.86. The quantitative estimate of drug-likeness (QED) is 0.872. The van der Waals surface area contributed by atoms with Crippen LogP contribution >= 0.6 is 0 Å². The van der Waals surface area contributed by atoms with E-state index in [0.717, 1.165) is 0 Å². The van der Waals surface area contributed by atoms with Gasteiger partial charge in [0.05, 0.1) is 11.8 Å². The van der Waals surface area contributed by atoms with Crippen molar-refractivity contribution in [3.63, 3.8) is 0 Å². The molecule has 0 saturated carbocycles. The van der Waals surface area contributed by atoms with E-state index in [1.807, 2.05) is 13.8 Å². The van der Waals surface area contributed by atoms with Crippen LogP contribution in [0, 0.1) is 5.92 Å². The number of amides is 1. The third-order valence-electron chi connectivity index (χ3n) is 2.42. The highest BCUT2D eigenvalue weighted by molar-refractivity contribution is 5.94. The maximum Gasteiger partial charge on any atom is 0.255 e. The van der Waals surface area contributed by atoms with Crippen molar-refractivity contribution in [1.82, 2.24) is 9.88 Å². The lowest BCUT2D eigenvalue weighted by atomic mass is 10.1. The molecule has 17 heavy (non-hydrogen) atoms. The maximum atomic E-state index is 12.2. The van der Waals surface area contributed by atoms with Crippen LogP contribution in [0.25, 0.3) is 0 Å². The second-order valence-corrected chi connectivity index (χ2v) is 4.88. The van der Waals surface area contributed by atoms with Gasteiger partial charge in [0.25, 0.3) is 5.91 Å². The number of aromatic hydroxyl groups is 1. The minimum absolute atomic E-state index is 0.0177. The first-order valence-corrected chi connectivity index (χ1v) is 5.86. The summed E-state index contributed by atoms with van der Waals surface area (Å²) in [5, 5.41) is 9.33. The minimum Gasteiger partial charge on any atom is -0.506 e. The van der Waals surface area contributed by atoms with Gasteiger partial charge in [0.15, 0.2) is 0 Å². The van der Waals surface area contributed by atoms with Crippen LogP contribution in [0.2, 0.25) is 0 Å². The van der Waals surface area contributed by atoms with Crippen LogP contribution in [0.1, 0.15) is 38.1 Å². The summed E-state index contributed by atoms with van der Waals surface area (Å²) < 4.78 is 0. The van der Waals surface area contributed by atoms with Gasteiger partial charge in [0.2, 0.25) is 0 Å². The number of rotatable bonds is 4. The molecule has 94 valence electrons. The first-order chi connectivity index (χ1) is 7.91. The van der Waals surface area contributed by atoms with E-state index in [2.05, 4.69) is 18.8 Å². The molecule has 0 spiro atoms. The number of hydrogen-bond acceptors (Lipinski definition) is 3. The van der Waals surface area contributed by atoms with Gasteiger partial charge >= 0.3 is 0 Å². The molecule has 1 amide bonds. The topological polar surface area (TPSA) is 53.4 Å². The van der Waals surface area contributed by atoms with E-state index >= 15 is 0 Å². The lowest BCUT2D eigenvalue weighted by Crippen LogP contribution is -2.39. The molecule has 1 rings (SSSR count). The lowest BCUT2D eigenvalue weighted by Gasteiger charge is -2.28. The number of carbonyl (C=O) groups is 1. The summed E-state index contributed by atoms with van der Waals surface area (Å²) in [4.78, 5) is 17.9. The van der Waals surface area contributed by atoms with Gasteiger partial charge in [-0.3, -0.25) is 9.78 Å². The average molecular weight is 236 g/mol. The van der Waals surface area contributed by atoms with Gasteiger partial charge in [-0.05, 0) is 25.8 Å². The molecule has 0 aliphatic carbocycles. The number of nitrogens with zero attached hydrogens (tertiary/aromatic N) is 2. The zero-order valence-electron chi connectivity index (χ0n) is 10.8. The van der Waals surface area contributed by atoms with Crippen LogP contribution in [-0.2, 0) is 0 Å². The number of carbonyl (C=O) groups excluding carboxylic acids is 1. The number of pyridine rings is 1. The van der Waals surface area contributed by atoms with Crippen LogP contribution < -0.4 is 0 Å². The van der Waals surface area contributed by atoms with Gasteiger partial charge in [0, 0.05) is 18.8 Å². The summed E-state index contributed by atoms with van der Waals surface area (Å²) in [6.07, 6.45) is 2.80. The molecule has 1 aromatic rings. The van der Waals surface area contributed by atoms with Gasteiger partial charge in [-0.2, -0.15) is 0 Å². The molecule has 1 heterocycles. The normalized spacial score (nSPS) is 10.9. The number of hydrogen-bond donors (Lipinski definition) is 1. The predicted molar refractivity (Wildman–Crippen MR) is 66.9 cm³/mol. The molecule has 1 aromatic heterocycles. The van der Waals surface area contributed by atoms with Gasteiger partial charge in [-0.25, -0.2) is 0 Å². The van der Waals surface area contributed by atoms with Gasteiger partial charge < -0.3 is 10.0 Å². The molecule has 0 aliphatic rings. The Morgan fingerprint density at radius 1 is 1.35 bits per heavy atom. The van der Waals surface area contributed by atoms with Crippen molar-refractivity contribution in [3.8, 4) is 5.75 Å². The molecular weight excluding hydrogens is 216 g/mol. The van der Waals surface area contributed by atoms with E-state index < -0.39 is 0 Å². The molecule has 4 heteroatoms. The Bertz CT molecular complexity index is 389. The van der Waals surface area contributed by atoms with E-state index in [0.29, 0.717) is 18.0 Å². The SMILES string of the molecule is CC(C)CN(C(=O)c1cncc(O)c1)C(C)C. The van der Waals surface area contributed by atoms with E-state index in [1.165, 1.54) is 18.5 Å². The largest absolute Gasteiger partial charge is 0.506 e. The Morgan fingerprint density at radius 3 is 2.47 bits per heavy atom. The summed E-state index contributed by atoms with van der Waals surface area (Å²) in [7, 11) is 0. The summed E-state index contributed by atoms with van der Waals surface area (Å²) >= 11 is 0. The van der Waals surface area contributed by atoms with Gasteiger partial charge in [-0.1, -0.05) is 13.8 Å². The van der Waals surface area contributed by atoms with Crippen molar-refractivity contribution >= 4 is 5.91 Å². The van der Waals surface area contributed by atoms with Crippen molar-refractivity contribution in [1.29, 1.82) is 0 Å². The van der Waals surface area contributed by atoms with Gasteiger partial charge in [0.1, 0.15) is 5.75 Å². The highest BCUT2D eigenvalue weighted by atomic mass is 16.3. The summed E-state index contributed by atoms with van der Waals surface area (Å²) in [6.45, 7) is 8.81. The monoisotopic (exact) mass is 236 g/mol. The van der Waals surface area contributed by atoms with Crippen molar-refractivity contribution in [3.05, 3.63) is 24.0 Å². The fourth-order valence-corrected chi connectivity index (χ4v) is 1.63. The first kappa shape index (κ1) is 13.5. The average Bonchev–Trinajstić information content (AvgIpc) is 2.24. The van der Waals surface area contributed by atoms with E-state index in [1.54, 1.807) is 4.90 Å². The van der Waals surface area contributed by atoms with Crippen molar-refractivity contribution < 1.29 is 9.90 Å². The molecule has 0 radical (unpaired) electrons. The highest BCUT2D eigenvalue weighted by Gasteiger charge is 2.20. The maximum absolute atomic E-state index is 12.2. The zero-order chi connectivity index (χ0) is 13.0. The fourth-order valence-electron chi connectivity index (χ4n) is 1.63. The van der Waals surface area contributed by atoms with Crippen LogP contribution in [0.3, 0.4) is 0 Å². The van der Waals surface area contributed by atoms with E-state index in [4.69, 9.17) is 0 Å². The van der Waals surface area contributed by atoms with E-state index in [9.17, 15) is 9.90 Å².